The number of carboxylic acid groups (broad SMARTS) is 1. The molecule has 1 unspecified atom stereocenters. The van der Waals surface area contributed by atoms with E-state index in [-0.39, 0.29) is 23.9 Å². The van der Waals surface area contributed by atoms with Crippen molar-refractivity contribution in [3.63, 3.8) is 0 Å². The number of nitrogens with zero attached hydrogens (tertiary/aromatic N) is 1. The zero-order valence-corrected chi connectivity index (χ0v) is 10.1. The van der Waals surface area contributed by atoms with Crippen molar-refractivity contribution in [2.24, 2.45) is 0 Å². The SMILES string of the molecule is CCC(Nc1cc2c(cc1[N+](=O)[O-])OCO2)C(=O)O. The molecule has 1 aromatic carbocycles. The average molecular weight is 268 g/mol. The molecule has 1 aliphatic rings. The predicted molar refractivity (Wildman–Crippen MR) is 64.6 cm³/mol. The maximum Gasteiger partial charge on any atom is 0.326 e. The van der Waals surface area contributed by atoms with Crippen molar-refractivity contribution in [2.75, 3.05) is 12.1 Å². The van der Waals surface area contributed by atoms with E-state index in [1.54, 1.807) is 6.92 Å². The minimum Gasteiger partial charge on any atom is -0.480 e. The van der Waals surface area contributed by atoms with Crippen LogP contribution in [-0.2, 0) is 4.79 Å². The molecule has 1 atom stereocenters. The highest BCUT2D eigenvalue weighted by atomic mass is 16.7. The molecule has 0 bridgehead atoms. The molecule has 2 rings (SSSR count). The number of nitro groups is 1. The Morgan fingerprint density at radius 1 is 1.53 bits per heavy atom. The van der Waals surface area contributed by atoms with E-state index in [2.05, 4.69) is 5.32 Å². The number of benzene rings is 1. The summed E-state index contributed by atoms with van der Waals surface area (Å²) in [7, 11) is 0. The van der Waals surface area contributed by atoms with E-state index in [0.29, 0.717) is 12.2 Å². The van der Waals surface area contributed by atoms with Gasteiger partial charge in [-0.1, -0.05) is 6.92 Å². The van der Waals surface area contributed by atoms with Crippen LogP contribution in [0.1, 0.15) is 13.3 Å². The van der Waals surface area contributed by atoms with Gasteiger partial charge in [-0.2, -0.15) is 0 Å². The van der Waals surface area contributed by atoms with Crippen molar-refractivity contribution in [3.8, 4) is 11.5 Å². The van der Waals surface area contributed by atoms with Crippen LogP contribution in [0.15, 0.2) is 12.1 Å². The summed E-state index contributed by atoms with van der Waals surface area (Å²) < 4.78 is 10.2. The van der Waals surface area contributed by atoms with Crippen molar-refractivity contribution >= 4 is 17.3 Å². The van der Waals surface area contributed by atoms with Crippen LogP contribution in [0, 0.1) is 10.1 Å². The molecule has 0 aliphatic carbocycles. The molecule has 0 fully saturated rings. The van der Waals surface area contributed by atoms with Gasteiger partial charge in [-0.05, 0) is 6.42 Å². The zero-order valence-electron chi connectivity index (χ0n) is 10.1. The zero-order chi connectivity index (χ0) is 14.0. The fourth-order valence-electron chi connectivity index (χ4n) is 1.72. The van der Waals surface area contributed by atoms with Gasteiger partial charge < -0.3 is 19.9 Å². The van der Waals surface area contributed by atoms with E-state index in [1.807, 2.05) is 0 Å². The number of fused-ring (bicyclic) bond motifs is 1. The third-order valence-electron chi connectivity index (χ3n) is 2.72. The molecule has 1 aliphatic heterocycles. The van der Waals surface area contributed by atoms with Crippen LogP contribution in [0.3, 0.4) is 0 Å². The fraction of sp³-hybridized carbons (Fsp3) is 0.364. The summed E-state index contributed by atoms with van der Waals surface area (Å²) >= 11 is 0. The number of nitrogens with one attached hydrogen (secondary N) is 1. The standard InChI is InChI=1S/C11H12N2O6/c1-2-6(11(14)15)12-7-3-9-10(19-5-18-9)4-8(7)13(16)17/h3-4,6,12H,2,5H2,1H3,(H,14,15). The minimum absolute atomic E-state index is 0.00786. The number of carbonyl (C=O) groups is 1. The Morgan fingerprint density at radius 3 is 2.68 bits per heavy atom. The number of anilines is 1. The van der Waals surface area contributed by atoms with Gasteiger partial charge in [-0.3, -0.25) is 10.1 Å². The van der Waals surface area contributed by atoms with Crippen molar-refractivity contribution < 1.29 is 24.3 Å². The Morgan fingerprint density at radius 2 is 2.16 bits per heavy atom. The van der Waals surface area contributed by atoms with E-state index in [9.17, 15) is 14.9 Å². The largest absolute Gasteiger partial charge is 0.480 e. The first kappa shape index (κ1) is 12.9. The maximum atomic E-state index is 11.0. The molecule has 1 aromatic rings. The second kappa shape index (κ2) is 5.01. The smallest absolute Gasteiger partial charge is 0.326 e. The first-order chi connectivity index (χ1) is 9.02. The lowest BCUT2D eigenvalue weighted by molar-refractivity contribution is -0.384. The van der Waals surface area contributed by atoms with Gasteiger partial charge in [-0.15, -0.1) is 0 Å². The molecule has 0 spiro atoms. The summed E-state index contributed by atoms with van der Waals surface area (Å²) in [5, 5.41) is 22.6. The van der Waals surface area contributed by atoms with E-state index in [1.165, 1.54) is 12.1 Å². The Balaban J connectivity index is 2.38. The summed E-state index contributed by atoms with van der Waals surface area (Å²) in [5.41, 5.74) is -0.146. The first-order valence-electron chi connectivity index (χ1n) is 5.60. The highest BCUT2D eigenvalue weighted by molar-refractivity contribution is 5.80. The van der Waals surface area contributed by atoms with Gasteiger partial charge in [0.05, 0.1) is 11.0 Å². The highest BCUT2D eigenvalue weighted by Crippen LogP contribution is 2.40. The number of carboxylic acids is 1. The van der Waals surface area contributed by atoms with Gasteiger partial charge in [0, 0.05) is 6.07 Å². The van der Waals surface area contributed by atoms with Gasteiger partial charge in [0.25, 0.3) is 5.69 Å². The number of ether oxygens (including phenoxy) is 2. The number of hydrogen-bond donors (Lipinski definition) is 2. The molecule has 2 N–H and O–H groups in total. The molecule has 0 aromatic heterocycles. The van der Waals surface area contributed by atoms with Crippen LogP contribution in [0.25, 0.3) is 0 Å². The summed E-state index contributed by atoms with van der Waals surface area (Å²) in [6, 6.07) is 1.70. The molecule has 19 heavy (non-hydrogen) atoms. The molecule has 0 saturated heterocycles. The normalized spacial score (nSPS) is 13.9. The molecule has 0 saturated carbocycles. The fourth-order valence-corrected chi connectivity index (χ4v) is 1.72. The maximum absolute atomic E-state index is 11.0. The Hall–Kier alpha value is -2.51. The average Bonchev–Trinajstić information content (AvgIpc) is 2.81. The molecule has 0 amide bonds. The van der Waals surface area contributed by atoms with Gasteiger partial charge in [0.1, 0.15) is 11.7 Å². The summed E-state index contributed by atoms with van der Waals surface area (Å²) in [6.45, 7) is 1.66. The lowest BCUT2D eigenvalue weighted by Gasteiger charge is -2.14. The minimum atomic E-state index is -1.07. The molecular formula is C11H12N2O6. The number of aliphatic carboxylic acids is 1. The number of rotatable bonds is 5. The summed E-state index contributed by atoms with van der Waals surface area (Å²) in [4.78, 5) is 21.3. The lowest BCUT2D eigenvalue weighted by Crippen LogP contribution is -2.28. The van der Waals surface area contributed by atoms with E-state index in [0.717, 1.165) is 0 Å². The number of hydrogen-bond acceptors (Lipinski definition) is 6. The molecule has 8 heteroatoms. The topological polar surface area (TPSA) is 111 Å². The van der Waals surface area contributed by atoms with Crippen LogP contribution in [0.5, 0.6) is 11.5 Å². The van der Waals surface area contributed by atoms with Crippen molar-refractivity contribution in [3.05, 3.63) is 22.2 Å². The monoisotopic (exact) mass is 268 g/mol. The van der Waals surface area contributed by atoms with Crippen molar-refractivity contribution in [1.29, 1.82) is 0 Å². The highest BCUT2D eigenvalue weighted by Gasteiger charge is 2.26. The van der Waals surface area contributed by atoms with E-state index < -0.39 is 16.9 Å². The van der Waals surface area contributed by atoms with Crippen LogP contribution in [0.4, 0.5) is 11.4 Å². The predicted octanol–water partition coefficient (Wildman–Crippen LogP) is 1.60. The lowest BCUT2D eigenvalue weighted by atomic mass is 10.2. The first-order valence-corrected chi connectivity index (χ1v) is 5.60. The Kier molecular flexibility index (Phi) is 3.41. The van der Waals surface area contributed by atoms with Gasteiger partial charge in [-0.25, -0.2) is 4.79 Å². The quantitative estimate of drug-likeness (QED) is 0.616. The van der Waals surface area contributed by atoms with Gasteiger partial charge in [0.2, 0.25) is 6.79 Å². The van der Waals surface area contributed by atoms with Crippen LogP contribution in [0.2, 0.25) is 0 Å². The summed E-state index contributed by atoms with van der Waals surface area (Å²) in [5.74, 6) is -0.441. The molecule has 0 radical (unpaired) electrons. The van der Waals surface area contributed by atoms with Crippen LogP contribution < -0.4 is 14.8 Å². The van der Waals surface area contributed by atoms with Gasteiger partial charge >= 0.3 is 5.97 Å². The molecular weight excluding hydrogens is 256 g/mol. The van der Waals surface area contributed by atoms with E-state index >= 15 is 0 Å². The molecule has 8 nitrogen and oxygen atoms in total. The second-order valence-corrected chi connectivity index (χ2v) is 3.92. The molecule has 102 valence electrons. The van der Waals surface area contributed by atoms with E-state index in [4.69, 9.17) is 14.6 Å². The van der Waals surface area contributed by atoms with Crippen LogP contribution >= 0.6 is 0 Å². The van der Waals surface area contributed by atoms with Crippen LogP contribution in [-0.4, -0.2) is 28.8 Å². The Labute approximate surface area is 108 Å². The number of nitro benzene ring substituents is 1. The van der Waals surface area contributed by atoms with Crippen molar-refractivity contribution in [1.82, 2.24) is 0 Å². The third kappa shape index (κ3) is 2.51. The summed E-state index contributed by atoms with van der Waals surface area (Å²) in [6.07, 6.45) is 0.293. The second-order valence-electron chi connectivity index (χ2n) is 3.92. The van der Waals surface area contributed by atoms with Crippen molar-refractivity contribution in [2.45, 2.75) is 19.4 Å². The third-order valence-corrected chi connectivity index (χ3v) is 2.72. The van der Waals surface area contributed by atoms with Gasteiger partial charge in [0.15, 0.2) is 11.5 Å². The molecule has 1 heterocycles. The Bertz CT molecular complexity index is 530.